The Hall–Kier alpha value is -1.89. The van der Waals surface area contributed by atoms with Crippen LogP contribution >= 0.6 is 0 Å². The van der Waals surface area contributed by atoms with Crippen molar-refractivity contribution >= 4 is 6.72 Å². The van der Waals surface area contributed by atoms with Gasteiger partial charge in [0.1, 0.15) is 0 Å². The first-order valence-electron chi connectivity index (χ1n) is 5.51. The largest absolute Gasteiger partial charge is 0.296 e. The number of nitrogens with zero attached hydrogens (tertiary/aromatic N) is 1. The highest BCUT2D eigenvalue weighted by molar-refractivity contribution is 5.76. The van der Waals surface area contributed by atoms with Crippen molar-refractivity contribution in [2.75, 3.05) is 0 Å². The van der Waals surface area contributed by atoms with E-state index >= 15 is 0 Å². The van der Waals surface area contributed by atoms with Gasteiger partial charge in [0.2, 0.25) is 0 Å². The van der Waals surface area contributed by atoms with Gasteiger partial charge in [-0.1, -0.05) is 42.5 Å². The maximum atomic E-state index is 3.93. The van der Waals surface area contributed by atoms with Crippen molar-refractivity contribution in [1.82, 2.24) is 0 Å². The first-order valence-corrected chi connectivity index (χ1v) is 5.51. The molecule has 2 aromatic rings. The van der Waals surface area contributed by atoms with E-state index in [0.29, 0.717) is 6.54 Å². The summed E-state index contributed by atoms with van der Waals surface area (Å²) in [4.78, 5) is 3.93. The predicted octanol–water partition coefficient (Wildman–Crippen LogP) is 3.46. The van der Waals surface area contributed by atoms with Crippen LogP contribution in [0.5, 0.6) is 0 Å². The molecule has 3 rings (SSSR count). The van der Waals surface area contributed by atoms with Gasteiger partial charge in [0, 0.05) is 0 Å². The molecule has 1 aliphatic rings. The zero-order valence-electron chi connectivity index (χ0n) is 9.11. The van der Waals surface area contributed by atoms with Crippen LogP contribution in [0.1, 0.15) is 16.7 Å². The third-order valence-corrected chi connectivity index (χ3v) is 3.15. The van der Waals surface area contributed by atoms with Crippen molar-refractivity contribution in [3.8, 4) is 11.1 Å². The maximum absolute atomic E-state index is 3.93. The van der Waals surface area contributed by atoms with Crippen LogP contribution in [0.4, 0.5) is 0 Å². The number of fused-ring (bicyclic) bond motifs is 3. The van der Waals surface area contributed by atoms with E-state index < -0.39 is 0 Å². The topological polar surface area (TPSA) is 12.4 Å². The van der Waals surface area contributed by atoms with Gasteiger partial charge in [-0.25, -0.2) is 0 Å². The van der Waals surface area contributed by atoms with E-state index in [2.05, 4.69) is 54.2 Å². The van der Waals surface area contributed by atoms with Gasteiger partial charge in [-0.3, -0.25) is 4.99 Å². The second-order valence-corrected chi connectivity index (χ2v) is 4.21. The monoisotopic (exact) mass is 207 g/mol. The summed E-state index contributed by atoms with van der Waals surface area (Å²) in [5.74, 6) is 0. The summed E-state index contributed by atoms with van der Waals surface area (Å²) in [5, 5.41) is 0. The summed E-state index contributed by atoms with van der Waals surface area (Å²) in [7, 11) is 0. The molecule has 0 atom stereocenters. The van der Waals surface area contributed by atoms with Gasteiger partial charge >= 0.3 is 0 Å². The molecule has 1 aliphatic carbocycles. The zero-order valence-corrected chi connectivity index (χ0v) is 9.11. The molecule has 0 amide bonds. The van der Waals surface area contributed by atoms with E-state index in [1.54, 1.807) is 0 Å². The molecule has 78 valence electrons. The van der Waals surface area contributed by atoms with Crippen molar-refractivity contribution in [1.29, 1.82) is 0 Å². The minimum atomic E-state index is 0.712. The third kappa shape index (κ3) is 1.36. The number of aliphatic imine (C=N–C) groups is 1. The number of rotatable bonds is 2. The van der Waals surface area contributed by atoms with E-state index in [0.717, 1.165) is 6.42 Å². The van der Waals surface area contributed by atoms with E-state index in [9.17, 15) is 0 Å². The molecule has 0 radical (unpaired) electrons. The van der Waals surface area contributed by atoms with Crippen molar-refractivity contribution in [3.05, 3.63) is 59.2 Å². The molecule has 1 nitrogen and oxygen atoms in total. The highest BCUT2D eigenvalue weighted by atomic mass is 14.7. The highest BCUT2D eigenvalue weighted by Crippen LogP contribution is 2.36. The summed E-state index contributed by atoms with van der Waals surface area (Å²) in [6.07, 6.45) is 1.05. The lowest BCUT2D eigenvalue weighted by Crippen LogP contribution is -1.85. The van der Waals surface area contributed by atoms with Crippen LogP contribution in [-0.2, 0) is 13.0 Å². The summed E-state index contributed by atoms with van der Waals surface area (Å²) in [6.45, 7) is 4.25. The number of benzene rings is 2. The Labute approximate surface area is 95.5 Å². The van der Waals surface area contributed by atoms with E-state index in [-0.39, 0.29) is 0 Å². The number of hydrogen-bond acceptors (Lipinski definition) is 1. The van der Waals surface area contributed by atoms with Gasteiger partial charge in [0.25, 0.3) is 0 Å². The highest BCUT2D eigenvalue weighted by Gasteiger charge is 2.17. The van der Waals surface area contributed by atoms with Crippen LogP contribution in [0.3, 0.4) is 0 Å². The Kier molecular flexibility index (Phi) is 2.10. The quantitative estimate of drug-likeness (QED) is 0.571. The van der Waals surface area contributed by atoms with Crippen LogP contribution in [0.25, 0.3) is 11.1 Å². The lowest BCUT2D eigenvalue weighted by Gasteiger charge is -2.02. The fourth-order valence-corrected chi connectivity index (χ4v) is 2.43. The Bertz CT molecular complexity index is 555. The van der Waals surface area contributed by atoms with Gasteiger partial charge in [-0.2, -0.15) is 0 Å². The van der Waals surface area contributed by atoms with Crippen LogP contribution in [0, 0.1) is 0 Å². The van der Waals surface area contributed by atoms with Crippen molar-refractivity contribution in [2.24, 2.45) is 4.99 Å². The summed E-state index contributed by atoms with van der Waals surface area (Å²) >= 11 is 0. The molecule has 0 bridgehead atoms. The summed E-state index contributed by atoms with van der Waals surface area (Å²) < 4.78 is 0. The standard InChI is InChI=1S/C15H13N/c1-16-10-11-6-7-15-13(8-11)9-12-4-2-3-5-14(12)15/h2-8H,1,9-10H2. The molecule has 0 unspecified atom stereocenters. The molecule has 0 N–H and O–H groups in total. The van der Waals surface area contributed by atoms with Crippen LogP contribution in [0.15, 0.2) is 47.5 Å². The van der Waals surface area contributed by atoms with Crippen LogP contribution < -0.4 is 0 Å². The first kappa shape index (κ1) is 9.34. The number of hydrogen-bond donors (Lipinski definition) is 0. The van der Waals surface area contributed by atoms with Crippen molar-refractivity contribution in [3.63, 3.8) is 0 Å². The molecule has 2 aromatic carbocycles. The van der Waals surface area contributed by atoms with Gasteiger partial charge in [-0.05, 0) is 41.0 Å². The summed E-state index contributed by atoms with van der Waals surface area (Å²) in [6, 6.07) is 15.2. The molecular formula is C15H13N. The molecule has 0 saturated heterocycles. The first-order chi connectivity index (χ1) is 7.88. The average Bonchev–Trinajstić information content (AvgIpc) is 2.67. The fourth-order valence-electron chi connectivity index (χ4n) is 2.43. The smallest absolute Gasteiger partial charge is 0.0632 e. The molecule has 0 spiro atoms. The van der Waals surface area contributed by atoms with Crippen molar-refractivity contribution in [2.45, 2.75) is 13.0 Å². The molecule has 0 heterocycles. The minimum Gasteiger partial charge on any atom is -0.296 e. The third-order valence-electron chi connectivity index (χ3n) is 3.15. The predicted molar refractivity (Wildman–Crippen MR) is 67.9 cm³/mol. The van der Waals surface area contributed by atoms with Gasteiger partial charge in [0.05, 0.1) is 6.54 Å². The molecular weight excluding hydrogens is 194 g/mol. The maximum Gasteiger partial charge on any atom is 0.0632 e. The lowest BCUT2D eigenvalue weighted by molar-refractivity contribution is 1.07. The molecule has 0 saturated carbocycles. The normalized spacial score (nSPS) is 12.0. The Morgan fingerprint density at radius 2 is 1.81 bits per heavy atom. The molecule has 16 heavy (non-hydrogen) atoms. The molecule has 0 aromatic heterocycles. The Balaban J connectivity index is 2.10. The van der Waals surface area contributed by atoms with Crippen LogP contribution in [0.2, 0.25) is 0 Å². The fraction of sp³-hybridized carbons (Fsp3) is 0.133. The van der Waals surface area contributed by atoms with Gasteiger partial charge in [0.15, 0.2) is 0 Å². The van der Waals surface area contributed by atoms with E-state index in [1.807, 2.05) is 0 Å². The van der Waals surface area contributed by atoms with E-state index in [1.165, 1.54) is 27.8 Å². The Morgan fingerprint density at radius 3 is 2.69 bits per heavy atom. The SMILES string of the molecule is C=NCc1ccc2c(c1)Cc1ccccc1-2. The van der Waals surface area contributed by atoms with Crippen molar-refractivity contribution < 1.29 is 0 Å². The minimum absolute atomic E-state index is 0.712. The zero-order chi connectivity index (χ0) is 11.0. The second kappa shape index (κ2) is 3.60. The van der Waals surface area contributed by atoms with Gasteiger partial charge < -0.3 is 0 Å². The van der Waals surface area contributed by atoms with Crippen LogP contribution in [-0.4, -0.2) is 6.72 Å². The van der Waals surface area contributed by atoms with Gasteiger partial charge in [-0.15, -0.1) is 0 Å². The molecule has 0 aliphatic heterocycles. The lowest BCUT2D eigenvalue weighted by atomic mass is 10.0. The molecule has 0 fully saturated rings. The Morgan fingerprint density at radius 1 is 1.00 bits per heavy atom. The van der Waals surface area contributed by atoms with E-state index in [4.69, 9.17) is 0 Å². The average molecular weight is 207 g/mol. The molecule has 1 heteroatoms. The second-order valence-electron chi connectivity index (χ2n) is 4.21. The summed E-state index contributed by atoms with van der Waals surface area (Å²) in [5.41, 5.74) is 6.86.